The lowest BCUT2D eigenvalue weighted by Gasteiger charge is -2.26. The molecule has 1 atom stereocenters. The van der Waals surface area contributed by atoms with Gasteiger partial charge in [0, 0.05) is 31.9 Å². The molecule has 2 amide bonds. The van der Waals surface area contributed by atoms with E-state index in [2.05, 4.69) is 5.10 Å². The Bertz CT molecular complexity index is 792. The molecule has 2 heterocycles. The van der Waals surface area contributed by atoms with E-state index in [1.165, 1.54) is 0 Å². The Hall–Kier alpha value is -2.63. The number of aryl methyl sites for hydroxylation is 2. The summed E-state index contributed by atoms with van der Waals surface area (Å²) in [6, 6.07) is 9.07. The molecule has 0 saturated carbocycles. The lowest BCUT2D eigenvalue weighted by Crippen LogP contribution is -2.45. The second-order valence-electron chi connectivity index (χ2n) is 6.78. The Labute approximate surface area is 148 Å². The number of likely N-dealkylation sites (N-methyl/N-ethyl adjacent to an activating group) is 1. The van der Waals surface area contributed by atoms with Gasteiger partial charge in [-0.15, -0.1) is 0 Å². The van der Waals surface area contributed by atoms with Crippen molar-refractivity contribution in [2.24, 2.45) is 0 Å². The Morgan fingerprint density at radius 2 is 1.84 bits per heavy atom. The Kier molecular flexibility index (Phi) is 4.61. The van der Waals surface area contributed by atoms with Gasteiger partial charge in [0.05, 0.1) is 11.4 Å². The molecule has 1 aliphatic heterocycles. The molecule has 6 nitrogen and oxygen atoms in total. The first-order valence-corrected chi connectivity index (χ1v) is 8.54. The van der Waals surface area contributed by atoms with E-state index in [0.717, 1.165) is 29.9 Å². The molecule has 6 heteroatoms. The van der Waals surface area contributed by atoms with Crippen LogP contribution < -0.4 is 0 Å². The standard InChI is InChI=1S/C19H24N4O2/c1-13-12-14(2)23(20-13)16-9-7-15(8-10-16)18(24)22-11-5-6-17(22)19(25)21(3)4/h7-10,12,17H,5-6,11H2,1-4H3. The number of carbonyl (C=O) groups is 2. The molecule has 1 unspecified atom stereocenters. The van der Waals surface area contributed by atoms with Crippen LogP contribution in [-0.4, -0.2) is 58.1 Å². The molecule has 1 aliphatic rings. The zero-order chi connectivity index (χ0) is 18.1. The van der Waals surface area contributed by atoms with Gasteiger partial charge in [0.2, 0.25) is 5.91 Å². The quantitative estimate of drug-likeness (QED) is 0.860. The highest BCUT2D eigenvalue weighted by molar-refractivity contribution is 5.98. The summed E-state index contributed by atoms with van der Waals surface area (Å²) in [5.41, 5.74) is 3.53. The molecule has 0 bridgehead atoms. The summed E-state index contributed by atoms with van der Waals surface area (Å²) in [7, 11) is 3.46. The van der Waals surface area contributed by atoms with Gasteiger partial charge >= 0.3 is 0 Å². The smallest absolute Gasteiger partial charge is 0.254 e. The number of benzene rings is 1. The van der Waals surface area contributed by atoms with Crippen molar-refractivity contribution < 1.29 is 9.59 Å². The lowest BCUT2D eigenvalue weighted by atomic mass is 10.1. The molecule has 0 N–H and O–H groups in total. The molecule has 1 fully saturated rings. The van der Waals surface area contributed by atoms with Crippen molar-refractivity contribution in [1.82, 2.24) is 19.6 Å². The maximum absolute atomic E-state index is 12.8. The topological polar surface area (TPSA) is 58.4 Å². The van der Waals surface area contributed by atoms with E-state index in [9.17, 15) is 9.59 Å². The average molecular weight is 340 g/mol. The van der Waals surface area contributed by atoms with Gasteiger partial charge in [0.25, 0.3) is 5.91 Å². The van der Waals surface area contributed by atoms with E-state index >= 15 is 0 Å². The predicted octanol–water partition coefficient (Wildman–Crippen LogP) is 2.18. The number of rotatable bonds is 3. The van der Waals surface area contributed by atoms with Crippen LogP contribution in [0.5, 0.6) is 0 Å². The maximum atomic E-state index is 12.8. The van der Waals surface area contributed by atoms with Gasteiger partial charge in [-0.25, -0.2) is 4.68 Å². The fraction of sp³-hybridized carbons (Fsp3) is 0.421. The van der Waals surface area contributed by atoms with E-state index in [0.29, 0.717) is 12.1 Å². The second-order valence-corrected chi connectivity index (χ2v) is 6.78. The minimum atomic E-state index is -0.349. The number of amides is 2. The predicted molar refractivity (Wildman–Crippen MR) is 95.8 cm³/mol. The molecule has 2 aromatic rings. The molecule has 25 heavy (non-hydrogen) atoms. The first kappa shape index (κ1) is 17.2. The summed E-state index contributed by atoms with van der Waals surface area (Å²) in [6.07, 6.45) is 1.59. The molecule has 3 rings (SSSR count). The fourth-order valence-electron chi connectivity index (χ4n) is 3.37. The average Bonchev–Trinajstić information content (AvgIpc) is 3.20. The molecule has 0 spiro atoms. The van der Waals surface area contributed by atoms with Gasteiger partial charge in [0.15, 0.2) is 0 Å². The van der Waals surface area contributed by atoms with Gasteiger partial charge in [-0.2, -0.15) is 5.10 Å². The van der Waals surface area contributed by atoms with Crippen molar-refractivity contribution in [3.63, 3.8) is 0 Å². The van der Waals surface area contributed by atoms with E-state index < -0.39 is 0 Å². The van der Waals surface area contributed by atoms with Crippen molar-refractivity contribution in [2.45, 2.75) is 32.7 Å². The Balaban J connectivity index is 1.81. The van der Waals surface area contributed by atoms with Gasteiger partial charge in [-0.3, -0.25) is 9.59 Å². The van der Waals surface area contributed by atoms with Gasteiger partial charge in [-0.1, -0.05) is 0 Å². The molecular weight excluding hydrogens is 316 g/mol. The molecule has 0 radical (unpaired) electrons. The molecule has 132 valence electrons. The maximum Gasteiger partial charge on any atom is 0.254 e. The monoisotopic (exact) mass is 340 g/mol. The van der Waals surface area contributed by atoms with Crippen molar-refractivity contribution in [3.05, 3.63) is 47.3 Å². The SMILES string of the molecule is Cc1cc(C)n(-c2ccc(C(=O)N3CCCC3C(=O)N(C)C)cc2)n1. The number of likely N-dealkylation sites (tertiary alicyclic amines) is 1. The summed E-state index contributed by atoms with van der Waals surface area (Å²) in [5.74, 6) is -0.0947. The van der Waals surface area contributed by atoms with Crippen LogP contribution in [0.2, 0.25) is 0 Å². The van der Waals surface area contributed by atoms with Crippen LogP contribution in [0.3, 0.4) is 0 Å². The van der Waals surface area contributed by atoms with Crippen molar-refractivity contribution >= 4 is 11.8 Å². The molecule has 1 saturated heterocycles. The third-order valence-electron chi connectivity index (χ3n) is 4.61. The highest BCUT2D eigenvalue weighted by Crippen LogP contribution is 2.22. The highest BCUT2D eigenvalue weighted by atomic mass is 16.2. The molecular formula is C19H24N4O2. The van der Waals surface area contributed by atoms with E-state index in [4.69, 9.17) is 0 Å². The number of carbonyl (C=O) groups excluding carboxylic acids is 2. The number of hydrogen-bond acceptors (Lipinski definition) is 3. The second kappa shape index (κ2) is 6.70. The van der Waals surface area contributed by atoms with Crippen LogP contribution in [0.4, 0.5) is 0 Å². The Morgan fingerprint density at radius 3 is 2.40 bits per heavy atom. The number of hydrogen-bond donors (Lipinski definition) is 0. The first-order chi connectivity index (χ1) is 11.9. The van der Waals surface area contributed by atoms with Crippen molar-refractivity contribution in [1.29, 1.82) is 0 Å². The normalized spacial score (nSPS) is 17.0. The summed E-state index contributed by atoms with van der Waals surface area (Å²) in [6.45, 7) is 4.58. The molecule has 1 aromatic heterocycles. The van der Waals surface area contributed by atoms with Crippen LogP contribution in [0, 0.1) is 13.8 Å². The van der Waals surface area contributed by atoms with Crippen LogP contribution >= 0.6 is 0 Å². The Morgan fingerprint density at radius 1 is 1.16 bits per heavy atom. The van der Waals surface area contributed by atoms with Crippen LogP contribution in [0.25, 0.3) is 5.69 Å². The minimum Gasteiger partial charge on any atom is -0.347 e. The van der Waals surface area contributed by atoms with Crippen LogP contribution in [0.1, 0.15) is 34.6 Å². The van der Waals surface area contributed by atoms with Gasteiger partial charge < -0.3 is 9.80 Å². The van der Waals surface area contributed by atoms with E-state index in [-0.39, 0.29) is 17.9 Å². The van der Waals surface area contributed by atoms with Crippen molar-refractivity contribution in [2.75, 3.05) is 20.6 Å². The van der Waals surface area contributed by atoms with Gasteiger partial charge in [0.1, 0.15) is 6.04 Å². The van der Waals surface area contributed by atoms with E-state index in [1.54, 1.807) is 23.9 Å². The summed E-state index contributed by atoms with van der Waals surface area (Å²) in [4.78, 5) is 28.4. The third kappa shape index (κ3) is 3.29. The minimum absolute atomic E-state index is 0.00916. The summed E-state index contributed by atoms with van der Waals surface area (Å²) in [5, 5.41) is 4.46. The van der Waals surface area contributed by atoms with E-state index in [1.807, 2.05) is 48.9 Å². The highest BCUT2D eigenvalue weighted by Gasteiger charge is 2.35. The summed E-state index contributed by atoms with van der Waals surface area (Å²) < 4.78 is 1.86. The lowest BCUT2D eigenvalue weighted by molar-refractivity contribution is -0.132. The number of nitrogens with zero attached hydrogens (tertiary/aromatic N) is 4. The third-order valence-corrected chi connectivity index (χ3v) is 4.61. The zero-order valence-corrected chi connectivity index (χ0v) is 15.2. The van der Waals surface area contributed by atoms with Crippen LogP contribution in [0.15, 0.2) is 30.3 Å². The zero-order valence-electron chi connectivity index (χ0n) is 15.2. The summed E-state index contributed by atoms with van der Waals surface area (Å²) >= 11 is 0. The fourth-order valence-corrected chi connectivity index (χ4v) is 3.37. The molecule has 1 aromatic carbocycles. The van der Waals surface area contributed by atoms with Crippen molar-refractivity contribution in [3.8, 4) is 5.69 Å². The first-order valence-electron chi connectivity index (χ1n) is 8.54. The van der Waals surface area contributed by atoms with Crippen LogP contribution in [-0.2, 0) is 4.79 Å². The largest absolute Gasteiger partial charge is 0.347 e. The molecule has 0 aliphatic carbocycles. The number of aromatic nitrogens is 2. The van der Waals surface area contributed by atoms with Gasteiger partial charge in [-0.05, 0) is 57.0 Å².